The summed E-state index contributed by atoms with van der Waals surface area (Å²) >= 11 is 0. The average molecular weight is 555 g/mol. The zero-order chi connectivity index (χ0) is 28.2. The summed E-state index contributed by atoms with van der Waals surface area (Å²) in [5, 5.41) is 9.84. The molecule has 3 saturated heterocycles. The number of hydrogen-bond acceptors (Lipinski definition) is 4. The Kier molecular flexibility index (Phi) is 6.68. The third kappa shape index (κ3) is 4.39. The van der Waals surface area contributed by atoms with Crippen molar-refractivity contribution < 1.29 is 14.7 Å². The number of carboxylic acids is 1. The van der Waals surface area contributed by atoms with E-state index in [1.54, 1.807) is 0 Å². The number of imidazole rings is 1. The molecule has 2 atom stereocenters. The molecule has 1 aromatic heterocycles. The number of carboxylic acid groups (broad SMARTS) is 1. The zero-order valence-electron chi connectivity index (χ0n) is 24.2. The Morgan fingerprint density at radius 3 is 2.20 bits per heavy atom. The third-order valence-corrected chi connectivity index (χ3v) is 11.3. The number of carbonyl (C=O) groups excluding carboxylic acids is 1. The van der Waals surface area contributed by atoms with Crippen molar-refractivity contribution in [3.8, 4) is 0 Å². The molecule has 3 aromatic rings. The van der Waals surface area contributed by atoms with Crippen molar-refractivity contribution in [1.82, 2.24) is 19.4 Å². The standard InChI is InChI=1S/C34H42N4O3/c1-24-35-29-10-5-6-11-30(29)38(24)28-22-26-12-13-27(23-28)37(26)21-18-33(25-8-3-2-4-9-25)16-19-36(20-17-33)31(39)34(32(40)41)14-7-15-34/h2-6,8-11,26-28H,7,12-23H2,1H3,(H,40,41). The van der Waals surface area contributed by atoms with Crippen LogP contribution in [0.15, 0.2) is 54.6 Å². The molecule has 1 saturated carbocycles. The van der Waals surface area contributed by atoms with Gasteiger partial charge in [0.2, 0.25) is 5.91 Å². The molecule has 2 aromatic carbocycles. The van der Waals surface area contributed by atoms with E-state index in [4.69, 9.17) is 4.98 Å². The second-order valence-corrected chi connectivity index (χ2v) is 13.2. The van der Waals surface area contributed by atoms with Crippen LogP contribution in [0.1, 0.15) is 81.6 Å². The molecule has 2 unspecified atom stereocenters. The van der Waals surface area contributed by atoms with Crippen LogP contribution in [0.2, 0.25) is 0 Å². The number of aromatic nitrogens is 2. The van der Waals surface area contributed by atoms with E-state index in [1.807, 2.05) is 4.90 Å². The summed E-state index contributed by atoms with van der Waals surface area (Å²) in [5.41, 5.74) is 2.57. The first-order valence-electron chi connectivity index (χ1n) is 15.7. The molecule has 1 N–H and O–H groups in total. The van der Waals surface area contributed by atoms with Gasteiger partial charge in [0.25, 0.3) is 0 Å². The normalized spacial score (nSPS) is 27.0. The molecule has 0 spiro atoms. The van der Waals surface area contributed by atoms with E-state index in [2.05, 4.69) is 71.0 Å². The van der Waals surface area contributed by atoms with Crippen LogP contribution in [0.5, 0.6) is 0 Å². The van der Waals surface area contributed by atoms with Crippen molar-refractivity contribution in [2.45, 2.75) is 94.7 Å². The van der Waals surface area contributed by atoms with Crippen LogP contribution >= 0.6 is 0 Å². The molecule has 0 radical (unpaired) electrons. The summed E-state index contributed by atoms with van der Waals surface area (Å²) in [5.74, 6) is 0.0340. The highest BCUT2D eigenvalue weighted by atomic mass is 16.4. The Labute approximate surface area is 242 Å². The molecule has 4 aliphatic rings. The highest BCUT2D eigenvalue weighted by Gasteiger charge is 2.54. The lowest BCUT2D eigenvalue weighted by atomic mass is 9.66. The number of fused-ring (bicyclic) bond motifs is 3. The largest absolute Gasteiger partial charge is 0.480 e. The Balaban J connectivity index is 1.06. The minimum absolute atomic E-state index is 0.0153. The van der Waals surface area contributed by atoms with E-state index >= 15 is 0 Å². The summed E-state index contributed by atoms with van der Waals surface area (Å²) in [7, 11) is 0. The predicted molar refractivity (Wildman–Crippen MR) is 159 cm³/mol. The Morgan fingerprint density at radius 1 is 0.902 bits per heavy atom. The predicted octanol–water partition coefficient (Wildman–Crippen LogP) is 5.72. The Hall–Kier alpha value is -3.19. The van der Waals surface area contributed by atoms with E-state index < -0.39 is 11.4 Å². The fourth-order valence-electron chi connectivity index (χ4n) is 8.76. The lowest BCUT2D eigenvalue weighted by molar-refractivity contribution is -0.168. The van der Waals surface area contributed by atoms with Crippen molar-refractivity contribution in [3.05, 3.63) is 66.0 Å². The molecule has 7 heteroatoms. The Bertz CT molecular complexity index is 1420. The maximum absolute atomic E-state index is 13.4. The lowest BCUT2D eigenvalue weighted by Crippen LogP contribution is -2.56. The molecular formula is C34H42N4O3. The van der Waals surface area contributed by atoms with Crippen molar-refractivity contribution in [2.75, 3.05) is 19.6 Å². The Morgan fingerprint density at radius 2 is 1.56 bits per heavy atom. The number of likely N-dealkylation sites (tertiary alicyclic amines) is 1. The van der Waals surface area contributed by atoms with Gasteiger partial charge in [-0.25, -0.2) is 4.98 Å². The SMILES string of the molecule is Cc1nc2ccccc2n1C1CC2CCC(C1)N2CCC1(c2ccccc2)CCN(C(=O)C2(C(=O)O)CCC2)CC1. The van der Waals surface area contributed by atoms with Gasteiger partial charge in [0.05, 0.1) is 11.0 Å². The fourth-order valence-corrected chi connectivity index (χ4v) is 8.76. The van der Waals surface area contributed by atoms with Crippen LogP contribution in [0.3, 0.4) is 0 Å². The molecule has 7 rings (SSSR count). The smallest absolute Gasteiger partial charge is 0.319 e. The number of rotatable bonds is 7. The molecule has 4 fully saturated rings. The van der Waals surface area contributed by atoms with Gasteiger partial charge in [-0.2, -0.15) is 0 Å². The van der Waals surface area contributed by atoms with Crippen molar-refractivity contribution >= 4 is 22.9 Å². The number of para-hydroxylation sites is 2. The first-order valence-corrected chi connectivity index (χ1v) is 15.7. The van der Waals surface area contributed by atoms with Gasteiger partial charge in [-0.15, -0.1) is 0 Å². The van der Waals surface area contributed by atoms with Crippen LogP contribution < -0.4 is 0 Å². The number of carbonyl (C=O) groups is 2. The van der Waals surface area contributed by atoms with Gasteiger partial charge in [0, 0.05) is 31.2 Å². The molecule has 216 valence electrons. The molecule has 1 amide bonds. The summed E-state index contributed by atoms with van der Waals surface area (Å²) in [6.45, 7) is 4.52. The van der Waals surface area contributed by atoms with Gasteiger partial charge in [-0.1, -0.05) is 48.9 Å². The highest BCUT2D eigenvalue weighted by Crippen LogP contribution is 2.47. The number of benzene rings is 2. The van der Waals surface area contributed by atoms with Gasteiger partial charge >= 0.3 is 5.97 Å². The van der Waals surface area contributed by atoms with Crippen molar-refractivity contribution in [1.29, 1.82) is 0 Å². The minimum Gasteiger partial charge on any atom is -0.480 e. The number of aryl methyl sites for hydroxylation is 1. The second-order valence-electron chi connectivity index (χ2n) is 13.2. The van der Waals surface area contributed by atoms with Crippen LogP contribution in [0.4, 0.5) is 0 Å². The zero-order valence-corrected chi connectivity index (χ0v) is 24.2. The van der Waals surface area contributed by atoms with Crippen LogP contribution in [0, 0.1) is 12.3 Å². The van der Waals surface area contributed by atoms with E-state index in [9.17, 15) is 14.7 Å². The first kappa shape index (κ1) is 26.7. The first-order chi connectivity index (χ1) is 19.9. The van der Waals surface area contributed by atoms with Crippen molar-refractivity contribution in [3.63, 3.8) is 0 Å². The monoisotopic (exact) mass is 554 g/mol. The van der Waals surface area contributed by atoms with Crippen LogP contribution in [-0.4, -0.2) is 68.1 Å². The summed E-state index contributed by atoms with van der Waals surface area (Å²) in [4.78, 5) is 34.9. The van der Waals surface area contributed by atoms with Gasteiger partial charge in [-0.05, 0) is 94.4 Å². The second kappa shape index (κ2) is 10.3. The molecular weight excluding hydrogens is 512 g/mol. The average Bonchev–Trinajstić information content (AvgIpc) is 3.42. The highest BCUT2D eigenvalue weighted by molar-refractivity contribution is 6.02. The lowest BCUT2D eigenvalue weighted by Gasteiger charge is -2.47. The summed E-state index contributed by atoms with van der Waals surface area (Å²) in [6.07, 6.45) is 9.54. The van der Waals surface area contributed by atoms with Crippen molar-refractivity contribution in [2.24, 2.45) is 5.41 Å². The molecule has 3 aliphatic heterocycles. The molecule has 41 heavy (non-hydrogen) atoms. The molecule has 1 aliphatic carbocycles. The maximum atomic E-state index is 13.4. The maximum Gasteiger partial charge on any atom is 0.319 e. The number of piperidine rings is 2. The number of amides is 1. The molecule has 7 nitrogen and oxygen atoms in total. The number of hydrogen-bond donors (Lipinski definition) is 1. The number of aliphatic carboxylic acids is 1. The van der Waals surface area contributed by atoms with Gasteiger partial charge in [0.1, 0.15) is 11.2 Å². The summed E-state index contributed by atoms with van der Waals surface area (Å²) < 4.78 is 2.50. The van der Waals surface area contributed by atoms with E-state index in [1.165, 1.54) is 36.8 Å². The van der Waals surface area contributed by atoms with Gasteiger partial charge < -0.3 is 14.6 Å². The molecule has 2 bridgehead atoms. The fraction of sp³-hybridized carbons (Fsp3) is 0.559. The number of nitrogens with zero attached hydrogens (tertiary/aromatic N) is 4. The van der Waals surface area contributed by atoms with E-state index in [0.29, 0.717) is 44.1 Å². The van der Waals surface area contributed by atoms with Crippen LogP contribution in [0.25, 0.3) is 11.0 Å². The third-order valence-electron chi connectivity index (χ3n) is 11.3. The van der Waals surface area contributed by atoms with Gasteiger partial charge in [-0.3, -0.25) is 14.5 Å². The van der Waals surface area contributed by atoms with E-state index in [0.717, 1.165) is 43.6 Å². The quantitative estimate of drug-likeness (QED) is 0.378. The summed E-state index contributed by atoms with van der Waals surface area (Å²) in [6, 6.07) is 21.1. The van der Waals surface area contributed by atoms with Crippen LogP contribution in [-0.2, 0) is 15.0 Å². The molecule has 4 heterocycles. The van der Waals surface area contributed by atoms with Gasteiger partial charge in [0.15, 0.2) is 0 Å². The van der Waals surface area contributed by atoms with E-state index in [-0.39, 0.29) is 11.3 Å². The topological polar surface area (TPSA) is 78.7 Å². The minimum atomic E-state index is -1.17.